The number of nitrogens with zero attached hydrogens (tertiary/aromatic N) is 1. The predicted octanol–water partition coefficient (Wildman–Crippen LogP) is 3.23. The molecule has 1 aliphatic rings. The van der Waals surface area contributed by atoms with Crippen molar-refractivity contribution < 1.29 is 4.39 Å². The highest BCUT2D eigenvalue weighted by molar-refractivity contribution is 7.80. The standard InChI is InChI=1S/C14H19FN2S/c1-2-17(10-5-3-4-6-10)11-7-8-12(14(16)18)13(15)9-11/h7-10H,2-6H2,1H3,(H2,16,18). The molecule has 4 heteroatoms. The van der Waals surface area contributed by atoms with Gasteiger partial charge in [0.1, 0.15) is 10.8 Å². The van der Waals surface area contributed by atoms with Gasteiger partial charge in [-0.2, -0.15) is 0 Å². The molecule has 2 rings (SSSR count). The zero-order chi connectivity index (χ0) is 13.1. The Kier molecular flexibility index (Phi) is 4.17. The van der Waals surface area contributed by atoms with Crippen LogP contribution in [0.1, 0.15) is 38.2 Å². The molecule has 1 fully saturated rings. The van der Waals surface area contributed by atoms with E-state index >= 15 is 0 Å². The SMILES string of the molecule is CCN(c1ccc(C(N)=S)c(F)c1)C1CCCC1. The Balaban J connectivity index is 2.26. The molecule has 98 valence electrons. The van der Waals surface area contributed by atoms with Crippen LogP contribution in [-0.4, -0.2) is 17.6 Å². The molecule has 0 aliphatic heterocycles. The quantitative estimate of drug-likeness (QED) is 0.848. The van der Waals surface area contributed by atoms with E-state index in [9.17, 15) is 4.39 Å². The first-order chi connectivity index (χ1) is 8.63. The molecule has 1 aliphatic carbocycles. The number of halogens is 1. The number of rotatable bonds is 4. The molecule has 0 saturated heterocycles. The number of hydrogen-bond donors (Lipinski definition) is 1. The molecule has 0 atom stereocenters. The molecule has 0 radical (unpaired) electrons. The van der Waals surface area contributed by atoms with Crippen LogP contribution in [0.2, 0.25) is 0 Å². The third-order valence-corrected chi connectivity index (χ3v) is 3.88. The van der Waals surface area contributed by atoms with E-state index in [0.717, 1.165) is 12.2 Å². The lowest BCUT2D eigenvalue weighted by Gasteiger charge is -2.30. The molecule has 1 aromatic carbocycles. The molecule has 0 heterocycles. The number of hydrogen-bond acceptors (Lipinski definition) is 2. The lowest BCUT2D eigenvalue weighted by Crippen LogP contribution is -2.33. The Bertz CT molecular complexity index is 441. The Morgan fingerprint density at radius 2 is 2.11 bits per heavy atom. The van der Waals surface area contributed by atoms with Crippen molar-refractivity contribution in [3.8, 4) is 0 Å². The minimum Gasteiger partial charge on any atom is -0.389 e. The maximum atomic E-state index is 13.9. The number of thiocarbonyl (C=S) groups is 1. The van der Waals surface area contributed by atoms with Crippen LogP contribution < -0.4 is 10.6 Å². The largest absolute Gasteiger partial charge is 0.389 e. The Labute approximate surface area is 113 Å². The van der Waals surface area contributed by atoms with Crippen molar-refractivity contribution in [1.29, 1.82) is 0 Å². The van der Waals surface area contributed by atoms with Crippen molar-refractivity contribution in [2.75, 3.05) is 11.4 Å². The number of nitrogens with two attached hydrogens (primary N) is 1. The van der Waals surface area contributed by atoms with E-state index in [-0.39, 0.29) is 10.8 Å². The van der Waals surface area contributed by atoms with Gasteiger partial charge >= 0.3 is 0 Å². The van der Waals surface area contributed by atoms with Crippen LogP contribution in [0.25, 0.3) is 0 Å². The summed E-state index contributed by atoms with van der Waals surface area (Å²) in [4.78, 5) is 2.39. The lowest BCUT2D eigenvalue weighted by atomic mass is 10.1. The van der Waals surface area contributed by atoms with E-state index in [1.807, 2.05) is 6.07 Å². The summed E-state index contributed by atoms with van der Waals surface area (Å²) in [5.41, 5.74) is 6.74. The van der Waals surface area contributed by atoms with Crippen LogP contribution in [0.3, 0.4) is 0 Å². The van der Waals surface area contributed by atoms with E-state index in [1.165, 1.54) is 25.7 Å². The third-order valence-electron chi connectivity index (χ3n) is 3.66. The van der Waals surface area contributed by atoms with Crippen molar-refractivity contribution in [2.45, 2.75) is 38.6 Å². The topological polar surface area (TPSA) is 29.3 Å². The molecule has 2 nitrogen and oxygen atoms in total. The van der Waals surface area contributed by atoms with Gasteiger partial charge in [-0.15, -0.1) is 0 Å². The average Bonchev–Trinajstić information content (AvgIpc) is 2.83. The molecule has 1 aromatic rings. The third kappa shape index (κ3) is 2.64. The predicted molar refractivity (Wildman–Crippen MR) is 77.6 cm³/mol. The zero-order valence-electron chi connectivity index (χ0n) is 10.7. The lowest BCUT2D eigenvalue weighted by molar-refractivity contribution is 0.605. The van der Waals surface area contributed by atoms with Gasteiger partial charge in [0.15, 0.2) is 0 Å². The molecule has 18 heavy (non-hydrogen) atoms. The van der Waals surface area contributed by atoms with Gasteiger partial charge in [-0.25, -0.2) is 4.39 Å². The summed E-state index contributed by atoms with van der Waals surface area (Å²) < 4.78 is 13.9. The van der Waals surface area contributed by atoms with Crippen LogP contribution in [0.4, 0.5) is 10.1 Å². The summed E-state index contributed by atoms with van der Waals surface area (Å²) >= 11 is 4.82. The van der Waals surface area contributed by atoms with Gasteiger partial charge in [-0.3, -0.25) is 0 Å². The van der Waals surface area contributed by atoms with E-state index < -0.39 is 0 Å². The van der Waals surface area contributed by atoms with Crippen molar-refractivity contribution in [3.63, 3.8) is 0 Å². The highest BCUT2D eigenvalue weighted by Crippen LogP contribution is 2.29. The summed E-state index contributed by atoms with van der Waals surface area (Å²) in [5.74, 6) is -0.323. The van der Waals surface area contributed by atoms with Gasteiger partial charge in [0.2, 0.25) is 0 Å². The first kappa shape index (κ1) is 13.3. The molecule has 2 N–H and O–H groups in total. The summed E-state index contributed by atoms with van der Waals surface area (Å²) in [7, 11) is 0. The molecule has 0 bridgehead atoms. The Hall–Kier alpha value is -1.16. The van der Waals surface area contributed by atoms with Crippen molar-refractivity contribution in [3.05, 3.63) is 29.6 Å². The second-order valence-corrected chi connectivity index (χ2v) is 5.19. The van der Waals surface area contributed by atoms with Crippen molar-refractivity contribution in [2.24, 2.45) is 5.73 Å². The second kappa shape index (κ2) is 5.65. The zero-order valence-corrected chi connectivity index (χ0v) is 11.5. The van der Waals surface area contributed by atoms with E-state index in [1.54, 1.807) is 12.1 Å². The van der Waals surface area contributed by atoms with Crippen LogP contribution in [0.15, 0.2) is 18.2 Å². The molecule has 0 spiro atoms. The molecule has 0 aromatic heterocycles. The van der Waals surface area contributed by atoms with Gasteiger partial charge in [0, 0.05) is 23.8 Å². The maximum Gasteiger partial charge on any atom is 0.135 e. The molecular formula is C14H19FN2S. The Morgan fingerprint density at radius 3 is 2.61 bits per heavy atom. The van der Waals surface area contributed by atoms with E-state index in [0.29, 0.717) is 11.6 Å². The number of anilines is 1. The second-order valence-electron chi connectivity index (χ2n) is 4.75. The molecular weight excluding hydrogens is 247 g/mol. The van der Waals surface area contributed by atoms with Gasteiger partial charge in [-0.05, 0) is 38.0 Å². The smallest absolute Gasteiger partial charge is 0.135 e. The van der Waals surface area contributed by atoms with Gasteiger partial charge < -0.3 is 10.6 Å². The van der Waals surface area contributed by atoms with Gasteiger partial charge in [0.25, 0.3) is 0 Å². The summed E-state index contributed by atoms with van der Waals surface area (Å²) in [6.45, 7) is 3.01. The van der Waals surface area contributed by atoms with Crippen LogP contribution in [-0.2, 0) is 0 Å². The van der Waals surface area contributed by atoms with E-state index in [2.05, 4.69) is 11.8 Å². The minimum absolute atomic E-state index is 0.114. The fourth-order valence-electron chi connectivity index (χ4n) is 2.75. The summed E-state index contributed by atoms with van der Waals surface area (Å²) in [6, 6.07) is 5.70. The highest BCUT2D eigenvalue weighted by atomic mass is 32.1. The first-order valence-electron chi connectivity index (χ1n) is 6.49. The van der Waals surface area contributed by atoms with Crippen LogP contribution in [0, 0.1) is 5.82 Å². The monoisotopic (exact) mass is 266 g/mol. The van der Waals surface area contributed by atoms with Crippen LogP contribution in [0.5, 0.6) is 0 Å². The molecule has 0 amide bonds. The normalized spacial score (nSPS) is 15.9. The average molecular weight is 266 g/mol. The van der Waals surface area contributed by atoms with Crippen molar-refractivity contribution in [1.82, 2.24) is 0 Å². The minimum atomic E-state index is -0.323. The van der Waals surface area contributed by atoms with E-state index in [4.69, 9.17) is 18.0 Å². The summed E-state index contributed by atoms with van der Waals surface area (Å²) in [5, 5.41) is 0. The van der Waals surface area contributed by atoms with Gasteiger partial charge in [0.05, 0.1) is 0 Å². The Morgan fingerprint density at radius 1 is 1.44 bits per heavy atom. The fourth-order valence-corrected chi connectivity index (χ4v) is 2.92. The van der Waals surface area contributed by atoms with Gasteiger partial charge in [-0.1, -0.05) is 25.1 Å². The maximum absolute atomic E-state index is 13.9. The first-order valence-corrected chi connectivity index (χ1v) is 6.90. The highest BCUT2D eigenvalue weighted by Gasteiger charge is 2.22. The molecule has 1 saturated carbocycles. The van der Waals surface area contributed by atoms with Crippen molar-refractivity contribution >= 4 is 22.9 Å². The summed E-state index contributed by atoms with van der Waals surface area (Å²) in [6.07, 6.45) is 4.95. The fraction of sp³-hybridized carbons (Fsp3) is 0.500. The van der Waals surface area contributed by atoms with Crippen LogP contribution >= 0.6 is 12.2 Å². The molecule has 0 unspecified atom stereocenters. The number of benzene rings is 1.